The maximum atomic E-state index is 14.2. The van der Waals surface area contributed by atoms with Gasteiger partial charge in [0.1, 0.15) is 17.4 Å². The number of aromatic nitrogens is 2. The first-order chi connectivity index (χ1) is 13.5. The fraction of sp³-hybridized carbons (Fsp3) is 0.381. The minimum Gasteiger partial charge on any atom is -0.342 e. The van der Waals surface area contributed by atoms with Gasteiger partial charge in [0.05, 0.1) is 11.3 Å². The molecule has 2 heterocycles. The molecule has 1 aromatic heterocycles. The van der Waals surface area contributed by atoms with Gasteiger partial charge < -0.3 is 10.6 Å². The van der Waals surface area contributed by atoms with Crippen molar-refractivity contribution in [3.63, 3.8) is 0 Å². The summed E-state index contributed by atoms with van der Waals surface area (Å²) in [5.74, 6) is 6.13. The van der Waals surface area contributed by atoms with E-state index in [0.29, 0.717) is 36.2 Å². The van der Waals surface area contributed by atoms with E-state index in [2.05, 4.69) is 21.8 Å². The summed E-state index contributed by atoms with van der Waals surface area (Å²) in [6.45, 7) is 1.39. The smallest absolute Gasteiger partial charge is 0.268 e. The predicted molar refractivity (Wildman–Crippen MR) is 104 cm³/mol. The third-order valence-electron chi connectivity index (χ3n) is 5.09. The molecule has 0 spiro atoms. The molecule has 6 nitrogen and oxygen atoms in total. The molecule has 1 aromatic carbocycles. The molecule has 7 heteroatoms. The molecular weight excluding hydrogens is 357 g/mol. The molecule has 0 amide bonds. The van der Waals surface area contributed by atoms with Crippen LogP contribution in [-0.4, -0.2) is 29.1 Å². The van der Waals surface area contributed by atoms with E-state index in [0.717, 1.165) is 25.7 Å². The van der Waals surface area contributed by atoms with Gasteiger partial charge in [-0.2, -0.15) is 5.26 Å². The molecule has 1 aliphatic carbocycles. The van der Waals surface area contributed by atoms with Crippen molar-refractivity contribution in [1.82, 2.24) is 9.97 Å². The molecule has 1 saturated carbocycles. The Bertz CT molecular complexity index is 1060. The molecular formula is C21H20FN5O. The van der Waals surface area contributed by atoms with Crippen LogP contribution in [0.15, 0.2) is 23.0 Å². The number of benzene rings is 1. The van der Waals surface area contributed by atoms with Crippen molar-refractivity contribution in [2.45, 2.75) is 31.7 Å². The van der Waals surface area contributed by atoms with Crippen LogP contribution in [0.4, 0.5) is 10.3 Å². The Kier molecular flexibility index (Phi) is 4.85. The summed E-state index contributed by atoms with van der Waals surface area (Å²) in [5, 5.41) is 8.97. The van der Waals surface area contributed by atoms with Crippen molar-refractivity contribution in [1.29, 1.82) is 5.26 Å². The lowest BCUT2D eigenvalue weighted by molar-refractivity contribution is 0.495. The SMILES string of the molecule is N#Cc1ccc(-c2nc(N3CCC(N)CC3)[nH]c(=O)c2C#CC2CC2)cc1F. The molecule has 4 rings (SSSR count). The third-order valence-corrected chi connectivity index (χ3v) is 5.09. The molecule has 2 aliphatic rings. The minimum absolute atomic E-state index is 0.0514. The Morgan fingerprint density at radius 1 is 1.25 bits per heavy atom. The second-order valence-corrected chi connectivity index (χ2v) is 7.29. The van der Waals surface area contributed by atoms with E-state index >= 15 is 0 Å². The molecule has 2 aromatic rings. The number of nitrogens with zero attached hydrogens (tertiary/aromatic N) is 3. The van der Waals surface area contributed by atoms with E-state index < -0.39 is 5.82 Å². The lowest BCUT2D eigenvalue weighted by atomic mass is 10.0. The van der Waals surface area contributed by atoms with E-state index in [1.54, 1.807) is 12.1 Å². The summed E-state index contributed by atoms with van der Waals surface area (Å²) < 4.78 is 14.2. The van der Waals surface area contributed by atoms with Gasteiger partial charge >= 0.3 is 0 Å². The zero-order valence-corrected chi connectivity index (χ0v) is 15.3. The number of rotatable bonds is 2. The van der Waals surface area contributed by atoms with E-state index in [-0.39, 0.29) is 22.7 Å². The highest BCUT2D eigenvalue weighted by molar-refractivity contribution is 5.69. The summed E-state index contributed by atoms with van der Waals surface area (Å²) in [6, 6.07) is 6.18. The van der Waals surface area contributed by atoms with Crippen molar-refractivity contribution < 1.29 is 4.39 Å². The fourth-order valence-electron chi connectivity index (χ4n) is 3.20. The van der Waals surface area contributed by atoms with Gasteiger partial charge in [0, 0.05) is 30.6 Å². The van der Waals surface area contributed by atoms with Gasteiger partial charge in [0.15, 0.2) is 0 Å². The van der Waals surface area contributed by atoms with Crippen LogP contribution in [0.2, 0.25) is 0 Å². The van der Waals surface area contributed by atoms with E-state index in [1.165, 1.54) is 12.1 Å². The number of anilines is 1. The van der Waals surface area contributed by atoms with Crippen molar-refractivity contribution in [2.24, 2.45) is 11.7 Å². The first-order valence-corrected chi connectivity index (χ1v) is 9.41. The molecule has 0 atom stereocenters. The van der Waals surface area contributed by atoms with Crippen LogP contribution in [0.5, 0.6) is 0 Å². The highest BCUT2D eigenvalue weighted by atomic mass is 19.1. The minimum atomic E-state index is -0.645. The second-order valence-electron chi connectivity index (χ2n) is 7.29. The van der Waals surface area contributed by atoms with Gasteiger partial charge in [0.25, 0.3) is 5.56 Å². The first-order valence-electron chi connectivity index (χ1n) is 9.41. The van der Waals surface area contributed by atoms with Crippen LogP contribution in [0, 0.1) is 34.9 Å². The summed E-state index contributed by atoms with van der Waals surface area (Å²) in [5.41, 5.74) is 6.57. The predicted octanol–water partition coefficient (Wildman–Crippen LogP) is 2.14. The number of nitrogens with two attached hydrogens (primary N) is 1. The zero-order chi connectivity index (χ0) is 19.7. The molecule has 2 fully saturated rings. The van der Waals surface area contributed by atoms with Gasteiger partial charge in [-0.1, -0.05) is 17.9 Å². The van der Waals surface area contributed by atoms with Crippen LogP contribution in [0.1, 0.15) is 36.8 Å². The first kappa shape index (κ1) is 18.2. The average molecular weight is 377 g/mol. The number of aromatic amines is 1. The Morgan fingerprint density at radius 2 is 2.00 bits per heavy atom. The van der Waals surface area contributed by atoms with E-state index in [9.17, 15) is 9.18 Å². The molecule has 0 radical (unpaired) electrons. The van der Waals surface area contributed by atoms with Gasteiger partial charge in [-0.3, -0.25) is 9.78 Å². The Balaban J connectivity index is 1.81. The summed E-state index contributed by atoms with van der Waals surface area (Å²) in [4.78, 5) is 22.2. The van der Waals surface area contributed by atoms with Crippen molar-refractivity contribution in [3.8, 4) is 29.2 Å². The largest absolute Gasteiger partial charge is 0.342 e. The number of hydrogen-bond acceptors (Lipinski definition) is 5. The Labute approximate surface area is 162 Å². The number of nitriles is 1. The van der Waals surface area contributed by atoms with E-state index in [4.69, 9.17) is 11.0 Å². The molecule has 142 valence electrons. The van der Waals surface area contributed by atoms with Crippen LogP contribution in [-0.2, 0) is 0 Å². The normalized spacial score (nSPS) is 17.0. The number of nitrogens with one attached hydrogen (secondary N) is 1. The van der Waals surface area contributed by atoms with Crippen molar-refractivity contribution in [2.75, 3.05) is 18.0 Å². The van der Waals surface area contributed by atoms with Crippen molar-refractivity contribution >= 4 is 5.95 Å². The number of piperidine rings is 1. The molecule has 1 aliphatic heterocycles. The van der Waals surface area contributed by atoms with Gasteiger partial charge in [-0.25, -0.2) is 9.37 Å². The third kappa shape index (κ3) is 3.76. The highest BCUT2D eigenvalue weighted by Crippen LogP contribution is 2.28. The second kappa shape index (κ2) is 7.46. The standard InChI is InChI=1S/C21H20FN5O/c22-18-11-14(4-5-15(18)12-23)19-17(6-3-13-1-2-13)20(28)26-21(25-19)27-9-7-16(24)8-10-27/h4-5,11,13,16H,1-2,7-10,24H2,(H,25,26,28). The van der Waals surface area contributed by atoms with Crippen LogP contribution in [0.3, 0.4) is 0 Å². The van der Waals surface area contributed by atoms with Gasteiger partial charge in [0.2, 0.25) is 5.95 Å². The monoisotopic (exact) mass is 377 g/mol. The van der Waals surface area contributed by atoms with Crippen LogP contribution < -0.4 is 16.2 Å². The Hall–Kier alpha value is -3.16. The average Bonchev–Trinajstić information content (AvgIpc) is 3.51. The van der Waals surface area contributed by atoms with Crippen LogP contribution in [0.25, 0.3) is 11.3 Å². The summed E-state index contributed by atoms with van der Waals surface area (Å²) >= 11 is 0. The van der Waals surface area contributed by atoms with Crippen LogP contribution >= 0.6 is 0 Å². The summed E-state index contributed by atoms with van der Waals surface area (Å²) in [6.07, 6.45) is 3.69. The number of halogens is 1. The number of hydrogen-bond donors (Lipinski definition) is 2. The van der Waals surface area contributed by atoms with Gasteiger partial charge in [-0.15, -0.1) is 0 Å². The lowest BCUT2D eigenvalue weighted by Gasteiger charge is -2.30. The fourth-order valence-corrected chi connectivity index (χ4v) is 3.20. The molecule has 3 N–H and O–H groups in total. The lowest BCUT2D eigenvalue weighted by Crippen LogP contribution is -2.41. The number of H-pyrrole nitrogens is 1. The molecule has 0 unspecified atom stereocenters. The van der Waals surface area contributed by atoms with E-state index in [1.807, 2.05) is 4.90 Å². The highest BCUT2D eigenvalue weighted by Gasteiger charge is 2.22. The topological polar surface area (TPSA) is 98.8 Å². The Morgan fingerprint density at radius 3 is 2.64 bits per heavy atom. The maximum Gasteiger partial charge on any atom is 0.268 e. The molecule has 28 heavy (non-hydrogen) atoms. The maximum absolute atomic E-state index is 14.2. The molecule has 0 bridgehead atoms. The van der Waals surface area contributed by atoms with Gasteiger partial charge in [-0.05, 0) is 37.8 Å². The zero-order valence-electron chi connectivity index (χ0n) is 15.3. The van der Waals surface area contributed by atoms with Crippen molar-refractivity contribution in [3.05, 3.63) is 45.5 Å². The molecule has 1 saturated heterocycles. The summed E-state index contributed by atoms with van der Waals surface area (Å²) in [7, 11) is 0. The quantitative estimate of drug-likeness (QED) is 0.781.